The van der Waals surface area contributed by atoms with E-state index in [-0.39, 0.29) is 11.6 Å². The summed E-state index contributed by atoms with van der Waals surface area (Å²) in [5, 5.41) is 2.53. The van der Waals surface area contributed by atoms with E-state index in [1.54, 1.807) is 12.0 Å². The Morgan fingerprint density at radius 3 is 2.55 bits per heavy atom. The molecule has 0 atom stereocenters. The van der Waals surface area contributed by atoms with E-state index >= 15 is 0 Å². The van der Waals surface area contributed by atoms with Gasteiger partial charge in [-0.1, -0.05) is 18.2 Å². The summed E-state index contributed by atoms with van der Waals surface area (Å²) < 4.78 is 67.0. The molecule has 1 saturated heterocycles. The number of amides is 2. The molecule has 4 rings (SSSR count). The fraction of sp³-hybridized carbons (Fsp3) is 0.381. The van der Waals surface area contributed by atoms with Crippen molar-refractivity contribution in [1.29, 1.82) is 0 Å². The average molecular weight is 440 g/mol. The molecule has 166 valence electrons. The van der Waals surface area contributed by atoms with Gasteiger partial charge in [-0.25, -0.2) is 9.53 Å². The number of carbonyl (C=O) groups excluding carboxylic acids is 1. The van der Waals surface area contributed by atoms with Gasteiger partial charge in [0.1, 0.15) is 11.5 Å². The molecule has 1 fully saturated rings. The van der Waals surface area contributed by atoms with Gasteiger partial charge in [0.05, 0.1) is 12.7 Å². The molecule has 0 aromatic heterocycles. The Morgan fingerprint density at radius 1 is 1.13 bits per heavy atom. The number of urea groups is 1. The molecular formula is C21H20F4N2O4. The van der Waals surface area contributed by atoms with Crippen LogP contribution in [0.5, 0.6) is 11.5 Å². The van der Waals surface area contributed by atoms with Crippen LogP contribution in [-0.2, 0) is 10.8 Å². The molecule has 0 radical (unpaired) electrons. The van der Waals surface area contributed by atoms with Gasteiger partial charge in [0.15, 0.2) is 0 Å². The highest BCUT2D eigenvalue weighted by Gasteiger charge is 2.54. The molecule has 10 heteroatoms. The van der Waals surface area contributed by atoms with Gasteiger partial charge >= 0.3 is 18.4 Å². The molecule has 0 spiro atoms. The zero-order valence-electron chi connectivity index (χ0n) is 16.5. The molecule has 2 heterocycles. The van der Waals surface area contributed by atoms with E-state index in [4.69, 9.17) is 4.74 Å². The zero-order chi connectivity index (χ0) is 22.2. The third-order valence-corrected chi connectivity index (χ3v) is 5.38. The molecule has 0 aliphatic carbocycles. The number of para-hydroxylation sites is 1. The van der Waals surface area contributed by atoms with Crippen LogP contribution in [0.1, 0.15) is 29.9 Å². The molecule has 0 bridgehead atoms. The van der Waals surface area contributed by atoms with Crippen LogP contribution in [0.15, 0.2) is 42.5 Å². The largest absolute Gasteiger partial charge is 0.540 e. The van der Waals surface area contributed by atoms with Crippen molar-refractivity contribution in [2.24, 2.45) is 0 Å². The van der Waals surface area contributed by atoms with Crippen LogP contribution in [0.2, 0.25) is 0 Å². The van der Waals surface area contributed by atoms with Gasteiger partial charge in [-0.05, 0) is 48.6 Å². The third-order valence-electron chi connectivity index (χ3n) is 5.38. The molecule has 0 saturated carbocycles. The van der Waals surface area contributed by atoms with Crippen molar-refractivity contribution in [2.75, 3.05) is 25.5 Å². The lowest BCUT2D eigenvalue weighted by atomic mass is 9.89. The summed E-state index contributed by atoms with van der Waals surface area (Å²) >= 11 is 0. The number of alkyl halides is 4. The molecule has 2 aliphatic rings. The minimum Gasteiger partial charge on any atom is -0.496 e. The van der Waals surface area contributed by atoms with Gasteiger partial charge in [0.2, 0.25) is 0 Å². The number of rotatable bonds is 3. The minimum atomic E-state index is -4.44. The summed E-state index contributed by atoms with van der Waals surface area (Å²) in [5.74, 6) is 0.325. The number of piperidine rings is 1. The summed E-state index contributed by atoms with van der Waals surface area (Å²) in [5.41, 5.74) is 0.220. The molecular weight excluding hydrogens is 420 g/mol. The molecule has 6 nitrogen and oxygen atoms in total. The van der Waals surface area contributed by atoms with E-state index in [2.05, 4.69) is 14.8 Å². The Bertz CT molecular complexity index is 978. The summed E-state index contributed by atoms with van der Waals surface area (Å²) in [6.45, 7) is 0.933. The maximum absolute atomic E-state index is 13.9. The van der Waals surface area contributed by atoms with Gasteiger partial charge in [-0.15, -0.1) is 8.78 Å². The standard InChI is InChI=1S/C21H20F4N2O4/c1-29-17-5-3-2-4-15(17)13-8-10-27(11-9-13)19(28)26-14-6-7-18-16(12-14)20(22,23)31-21(24,25)30-18/h2-7,12-13H,8-11H2,1H3,(H,26,28). The van der Waals surface area contributed by atoms with Crippen molar-refractivity contribution < 1.29 is 36.6 Å². The summed E-state index contributed by atoms with van der Waals surface area (Å²) in [6.07, 6.45) is -7.27. The van der Waals surface area contributed by atoms with E-state index in [0.29, 0.717) is 25.9 Å². The smallest absolute Gasteiger partial charge is 0.496 e. The van der Waals surface area contributed by atoms with Crippen LogP contribution < -0.4 is 14.8 Å². The van der Waals surface area contributed by atoms with Gasteiger partial charge in [-0.3, -0.25) is 0 Å². The molecule has 2 aliphatic heterocycles. The normalized spacial score (nSPS) is 19.8. The second kappa shape index (κ2) is 7.92. The fourth-order valence-corrected chi connectivity index (χ4v) is 3.88. The number of nitrogens with one attached hydrogen (secondary N) is 1. The molecule has 0 unspecified atom stereocenters. The number of anilines is 1. The highest BCUT2D eigenvalue weighted by atomic mass is 19.3. The number of hydrogen-bond acceptors (Lipinski definition) is 4. The van der Waals surface area contributed by atoms with Crippen LogP contribution >= 0.6 is 0 Å². The topological polar surface area (TPSA) is 60.0 Å². The number of fused-ring (bicyclic) bond motifs is 1. The second-order valence-corrected chi connectivity index (χ2v) is 7.33. The first kappa shape index (κ1) is 21.2. The molecule has 2 aromatic rings. The number of halogens is 4. The zero-order valence-corrected chi connectivity index (χ0v) is 16.5. The van der Waals surface area contributed by atoms with Crippen LogP contribution in [0.4, 0.5) is 28.0 Å². The first-order valence-corrected chi connectivity index (χ1v) is 9.67. The van der Waals surface area contributed by atoms with Crippen molar-refractivity contribution in [3.8, 4) is 11.5 Å². The first-order chi connectivity index (χ1) is 14.7. The first-order valence-electron chi connectivity index (χ1n) is 9.67. The summed E-state index contributed by atoms with van der Waals surface area (Å²) in [6, 6.07) is 10.3. The van der Waals surface area contributed by atoms with Gasteiger partial charge < -0.3 is 19.7 Å². The quantitative estimate of drug-likeness (QED) is 0.674. The highest BCUT2D eigenvalue weighted by molar-refractivity contribution is 5.89. The maximum atomic E-state index is 13.9. The molecule has 1 N–H and O–H groups in total. The van der Waals surface area contributed by atoms with E-state index in [9.17, 15) is 22.4 Å². The van der Waals surface area contributed by atoms with Crippen molar-refractivity contribution in [3.05, 3.63) is 53.6 Å². The molecule has 2 aromatic carbocycles. The summed E-state index contributed by atoms with van der Waals surface area (Å²) in [7, 11) is 1.61. The number of nitrogens with zero attached hydrogens (tertiary/aromatic N) is 1. The highest BCUT2D eigenvalue weighted by Crippen LogP contribution is 2.47. The van der Waals surface area contributed by atoms with E-state index < -0.39 is 29.7 Å². The predicted octanol–water partition coefficient (Wildman–Crippen LogP) is 5.12. The third kappa shape index (κ3) is 4.39. The van der Waals surface area contributed by atoms with E-state index in [0.717, 1.165) is 23.4 Å². The number of ether oxygens (including phenoxy) is 3. The van der Waals surface area contributed by atoms with Gasteiger partial charge in [-0.2, -0.15) is 8.78 Å². The maximum Gasteiger partial charge on any atom is 0.540 e. The molecule has 31 heavy (non-hydrogen) atoms. The van der Waals surface area contributed by atoms with E-state index in [1.165, 1.54) is 6.07 Å². The summed E-state index contributed by atoms with van der Waals surface area (Å²) in [4.78, 5) is 14.2. The number of likely N-dealkylation sites (tertiary alicyclic amines) is 1. The number of benzene rings is 2. The van der Waals surface area contributed by atoms with Gasteiger partial charge in [0.25, 0.3) is 0 Å². The Morgan fingerprint density at radius 2 is 1.84 bits per heavy atom. The van der Waals surface area contributed by atoms with Crippen molar-refractivity contribution in [3.63, 3.8) is 0 Å². The average Bonchev–Trinajstić information content (AvgIpc) is 2.73. The minimum absolute atomic E-state index is 0.0210. The van der Waals surface area contributed by atoms with Crippen LogP contribution in [0, 0.1) is 0 Å². The van der Waals surface area contributed by atoms with Crippen LogP contribution in [0.3, 0.4) is 0 Å². The van der Waals surface area contributed by atoms with Crippen LogP contribution in [0.25, 0.3) is 0 Å². The fourth-order valence-electron chi connectivity index (χ4n) is 3.88. The Kier molecular flexibility index (Phi) is 5.42. The SMILES string of the molecule is COc1ccccc1C1CCN(C(=O)Nc2ccc3c(c2)C(F)(F)OC(F)(F)O3)CC1. The lowest BCUT2D eigenvalue weighted by Crippen LogP contribution is -2.41. The number of carbonyl (C=O) groups is 1. The lowest BCUT2D eigenvalue weighted by Gasteiger charge is -2.33. The Balaban J connectivity index is 1.41. The lowest BCUT2D eigenvalue weighted by molar-refractivity contribution is -0.461. The van der Waals surface area contributed by atoms with Crippen molar-refractivity contribution in [1.82, 2.24) is 4.90 Å². The van der Waals surface area contributed by atoms with Crippen molar-refractivity contribution >= 4 is 11.7 Å². The second-order valence-electron chi connectivity index (χ2n) is 7.33. The molecule has 2 amide bonds. The predicted molar refractivity (Wildman–Crippen MR) is 103 cm³/mol. The van der Waals surface area contributed by atoms with Crippen LogP contribution in [-0.4, -0.2) is 37.4 Å². The monoisotopic (exact) mass is 440 g/mol. The van der Waals surface area contributed by atoms with E-state index in [1.807, 2.05) is 24.3 Å². The van der Waals surface area contributed by atoms with Crippen molar-refractivity contribution in [2.45, 2.75) is 31.2 Å². The Hall–Kier alpha value is -3.01. The Labute approximate surface area is 175 Å². The van der Waals surface area contributed by atoms with Gasteiger partial charge in [0, 0.05) is 18.8 Å². The number of methoxy groups -OCH3 is 1. The number of hydrogen-bond donors (Lipinski definition) is 1.